The highest BCUT2D eigenvalue weighted by atomic mass is 35.5. The van der Waals surface area contributed by atoms with Gasteiger partial charge in [-0.15, -0.1) is 0 Å². The Balaban J connectivity index is 1.90. The van der Waals surface area contributed by atoms with Crippen LogP contribution in [0, 0.1) is 0 Å². The number of amides is 1. The first-order chi connectivity index (χ1) is 11.9. The molecule has 25 heavy (non-hydrogen) atoms. The molecule has 0 fully saturated rings. The molecule has 2 aromatic rings. The maximum absolute atomic E-state index is 12.1. The number of rotatable bonds is 7. The molecular weight excluding hydrogens is 375 g/mol. The van der Waals surface area contributed by atoms with E-state index in [0.717, 1.165) is 5.56 Å². The van der Waals surface area contributed by atoms with E-state index in [4.69, 9.17) is 27.9 Å². The van der Waals surface area contributed by atoms with Crippen LogP contribution >= 0.6 is 23.2 Å². The number of nitrogens with one attached hydrogen (secondary N) is 1. The van der Waals surface area contributed by atoms with Gasteiger partial charge in [-0.2, -0.15) is 8.78 Å². The topological polar surface area (TPSA) is 47.6 Å². The van der Waals surface area contributed by atoms with Gasteiger partial charge in [0.1, 0.15) is 5.75 Å². The molecule has 8 heteroatoms. The summed E-state index contributed by atoms with van der Waals surface area (Å²) >= 11 is 12.0. The number of hydrogen-bond acceptors (Lipinski definition) is 3. The minimum Gasteiger partial charge on any atom is -0.494 e. The molecule has 1 amide bonds. The molecule has 0 heterocycles. The van der Waals surface area contributed by atoms with Crippen molar-refractivity contribution in [1.29, 1.82) is 0 Å². The van der Waals surface area contributed by atoms with E-state index in [1.54, 1.807) is 12.1 Å². The zero-order valence-electron chi connectivity index (χ0n) is 13.2. The van der Waals surface area contributed by atoms with E-state index in [1.807, 2.05) is 0 Å². The summed E-state index contributed by atoms with van der Waals surface area (Å²) in [6.45, 7) is -2.50. The first kappa shape index (κ1) is 19.3. The molecule has 0 aliphatic rings. The Hall–Kier alpha value is -2.05. The Morgan fingerprint density at radius 3 is 2.28 bits per heavy atom. The third-order valence-corrected chi connectivity index (χ3v) is 3.87. The summed E-state index contributed by atoms with van der Waals surface area (Å²) in [4.78, 5) is 12.1. The fourth-order valence-electron chi connectivity index (χ4n) is 2.15. The van der Waals surface area contributed by atoms with Crippen LogP contribution < -0.4 is 14.8 Å². The van der Waals surface area contributed by atoms with E-state index < -0.39 is 6.61 Å². The summed E-state index contributed by atoms with van der Waals surface area (Å²) in [5.41, 5.74) is 1.18. The number of ether oxygens (including phenoxy) is 2. The highest BCUT2D eigenvalue weighted by Gasteiger charge is 2.13. The van der Waals surface area contributed by atoms with Crippen molar-refractivity contribution in [2.75, 3.05) is 13.7 Å². The lowest BCUT2D eigenvalue weighted by atomic mass is 10.1. The van der Waals surface area contributed by atoms with Gasteiger partial charge in [-0.25, -0.2) is 0 Å². The zero-order valence-corrected chi connectivity index (χ0v) is 14.7. The first-order valence-electron chi connectivity index (χ1n) is 7.25. The molecule has 0 aliphatic carbocycles. The Labute approximate surface area is 153 Å². The molecule has 0 aromatic heterocycles. The number of alkyl halides is 2. The summed E-state index contributed by atoms with van der Waals surface area (Å²) in [5.74, 6) is 0.0698. The molecule has 0 bridgehead atoms. The van der Waals surface area contributed by atoms with Crippen LogP contribution in [-0.2, 0) is 6.42 Å². The van der Waals surface area contributed by atoms with Crippen molar-refractivity contribution < 1.29 is 23.0 Å². The first-order valence-corrected chi connectivity index (χ1v) is 8.01. The highest BCUT2D eigenvalue weighted by Crippen LogP contribution is 2.33. The van der Waals surface area contributed by atoms with E-state index >= 15 is 0 Å². The van der Waals surface area contributed by atoms with Gasteiger partial charge in [0.05, 0.1) is 17.2 Å². The van der Waals surface area contributed by atoms with Crippen molar-refractivity contribution in [3.05, 3.63) is 57.6 Å². The molecule has 134 valence electrons. The second-order valence-corrected chi connectivity index (χ2v) is 5.82. The fourth-order valence-corrected chi connectivity index (χ4v) is 2.79. The standard InChI is InChI=1S/C17H15Cl2F2NO3/c1-24-15-13(18)8-11(9-14(15)19)16(23)22-7-6-10-2-4-12(5-3-10)25-17(20)21/h2-5,8-9,17H,6-7H2,1H3,(H,22,23). The molecule has 0 atom stereocenters. The minimum absolute atomic E-state index is 0.0882. The molecule has 2 aromatic carbocycles. The van der Waals surface area contributed by atoms with Crippen LogP contribution in [0.5, 0.6) is 11.5 Å². The van der Waals surface area contributed by atoms with Crippen molar-refractivity contribution in [3.63, 3.8) is 0 Å². The number of carbonyl (C=O) groups is 1. The zero-order chi connectivity index (χ0) is 18.4. The number of halogens is 4. The molecule has 0 spiro atoms. The molecular formula is C17H15Cl2F2NO3. The number of hydrogen-bond donors (Lipinski definition) is 1. The maximum Gasteiger partial charge on any atom is 0.387 e. The van der Waals surface area contributed by atoms with Crippen LogP contribution in [0.2, 0.25) is 10.0 Å². The molecule has 0 radical (unpaired) electrons. The van der Waals surface area contributed by atoms with Crippen molar-refractivity contribution in [3.8, 4) is 11.5 Å². The van der Waals surface area contributed by atoms with Gasteiger partial charge in [-0.1, -0.05) is 35.3 Å². The van der Waals surface area contributed by atoms with Gasteiger partial charge in [0, 0.05) is 12.1 Å². The van der Waals surface area contributed by atoms with Gasteiger partial charge >= 0.3 is 6.61 Å². The smallest absolute Gasteiger partial charge is 0.387 e. The predicted molar refractivity (Wildman–Crippen MR) is 92.1 cm³/mol. The van der Waals surface area contributed by atoms with E-state index in [0.29, 0.717) is 24.3 Å². The largest absolute Gasteiger partial charge is 0.494 e. The Morgan fingerprint density at radius 2 is 1.76 bits per heavy atom. The Morgan fingerprint density at radius 1 is 1.16 bits per heavy atom. The normalized spacial score (nSPS) is 10.6. The van der Waals surface area contributed by atoms with Crippen LogP contribution in [-0.4, -0.2) is 26.2 Å². The molecule has 0 aliphatic heterocycles. The Kier molecular flexibility index (Phi) is 6.84. The van der Waals surface area contributed by atoms with Gasteiger partial charge < -0.3 is 14.8 Å². The predicted octanol–water partition coefficient (Wildman–Crippen LogP) is 4.58. The SMILES string of the molecule is COc1c(Cl)cc(C(=O)NCCc2ccc(OC(F)F)cc2)cc1Cl. The molecule has 1 N–H and O–H groups in total. The van der Waals surface area contributed by atoms with Gasteiger partial charge in [0.15, 0.2) is 5.75 Å². The van der Waals surface area contributed by atoms with Gasteiger partial charge in [-0.05, 0) is 36.2 Å². The summed E-state index contributed by atoms with van der Waals surface area (Å²) in [5, 5.41) is 3.23. The van der Waals surface area contributed by atoms with Crippen molar-refractivity contribution in [1.82, 2.24) is 5.32 Å². The lowest BCUT2D eigenvalue weighted by Crippen LogP contribution is -2.25. The number of benzene rings is 2. The van der Waals surface area contributed by atoms with Crippen LogP contribution in [0.4, 0.5) is 8.78 Å². The lowest BCUT2D eigenvalue weighted by molar-refractivity contribution is -0.0498. The fraction of sp³-hybridized carbons (Fsp3) is 0.235. The number of carbonyl (C=O) groups excluding carboxylic acids is 1. The summed E-state index contributed by atoms with van der Waals surface area (Å²) in [6.07, 6.45) is 0.526. The van der Waals surface area contributed by atoms with Gasteiger partial charge in [0.2, 0.25) is 0 Å². The monoisotopic (exact) mass is 389 g/mol. The molecule has 2 rings (SSSR count). The Bertz CT molecular complexity index is 716. The molecule has 0 saturated carbocycles. The van der Waals surface area contributed by atoms with Crippen LogP contribution in [0.1, 0.15) is 15.9 Å². The second-order valence-electron chi connectivity index (χ2n) is 5.00. The molecule has 0 saturated heterocycles. The summed E-state index contributed by atoms with van der Waals surface area (Å²) in [7, 11) is 1.43. The van der Waals surface area contributed by atoms with Crippen LogP contribution in [0.3, 0.4) is 0 Å². The summed E-state index contributed by atoms with van der Waals surface area (Å²) < 4.78 is 33.5. The van der Waals surface area contributed by atoms with E-state index in [2.05, 4.69) is 10.1 Å². The van der Waals surface area contributed by atoms with Crippen LogP contribution in [0.25, 0.3) is 0 Å². The molecule has 0 unspecified atom stereocenters. The average molecular weight is 390 g/mol. The second kappa shape index (κ2) is 8.87. The number of methoxy groups -OCH3 is 1. The maximum atomic E-state index is 12.1. The quantitative estimate of drug-likeness (QED) is 0.753. The van der Waals surface area contributed by atoms with E-state index in [1.165, 1.54) is 31.4 Å². The lowest BCUT2D eigenvalue weighted by Gasteiger charge is -2.10. The van der Waals surface area contributed by atoms with E-state index in [-0.39, 0.29) is 21.7 Å². The van der Waals surface area contributed by atoms with Crippen molar-refractivity contribution in [2.45, 2.75) is 13.0 Å². The summed E-state index contributed by atoms with van der Waals surface area (Å²) in [6, 6.07) is 9.16. The average Bonchev–Trinajstić information content (AvgIpc) is 2.55. The third kappa shape index (κ3) is 5.47. The van der Waals surface area contributed by atoms with Crippen LogP contribution in [0.15, 0.2) is 36.4 Å². The minimum atomic E-state index is -2.85. The third-order valence-electron chi connectivity index (χ3n) is 3.31. The van der Waals surface area contributed by atoms with Crippen molar-refractivity contribution >= 4 is 29.1 Å². The van der Waals surface area contributed by atoms with Gasteiger partial charge in [0.25, 0.3) is 5.91 Å². The molecule has 4 nitrogen and oxygen atoms in total. The highest BCUT2D eigenvalue weighted by molar-refractivity contribution is 6.37. The van der Waals surface area contributed by atoms with Crippen molar-refractivity contribution in [2.24, 2.45) is 0 Å². The van der Waals surface area contributed by atoms with Gasteiger partial charge in [-0.3, -0.25) is 4.79 Å². The van der Waals surface area contributed by atoms with E-state index in [9.17, 15) is 13.6 Å².